The largest absolute Gasteiger partial charge is 0.350 e. The number of carbonyl (C=O) groups is 1. The molecule has 0 radical (unpaired) electrons. The topological polar surface area (TPSA) is 79.4 Å². The zero-order valence-electron chi connectivity index (χ0n) is 12.1. The van der Waals surface area contributed by atoms with E-state index in [0.29, 0.717) is 4.88 Å². The molecule has 8 heteroatoms. The van der Waals surface area contributed by atoms with Crippen LogP contribution in [0.3, 0.4) is 0 Å². The first-order valence-electron chi connectivity index (χ1n) is 6.62. The van der Waals surface area contributed by atoms with Crippen LogP contribution in [0.2, 0.25) is 0 Å². The van der Waals surface area contributed by atoms with Crippen molar-refractivity contribution in [2.24, 2.45) is 0 Å². The van der Waals surface area contributed by atoms with Crippen LogP contribution < -0.4 is 5.32 Å². The summed E-state index contributed by atoms with van der Waals surface area (Å²) in [5, 5.41) is 4.54. The van der Waals surface area contributed by atoms with Gasteiger partial charge in [-0.1, -0.05) is 12.1 Å². The Morgan fingerprint density at radius 1 is 1.36 bits per heavy atom. The molecule has 0 saturated heterocycles. The molecule has 0 saturated carbocycles. The summed E-state index contributed by atoms with van der Waals surface area (Å²) in [7, 11) is -3.36. The third-order valence-electron chi connectivity index (χ3n) is 2.94. The maximum atomic E-state index is 11.8. The van der Waals surface area contributed by atoms with E-state index in [4.69, 9.17) is 0 Å². The number of nitrogens with zero attached hydrogens (tertiary/aromatic N) is 2. The molecule has 1 N–H and O–H groups in total. The van der Waals surface area contributed by atoms with Gasteiger partial charge in [0.05, 0.1) is 11.1 Å². The molecule has 118 valence electrons. The number of rotatable bonds is 7. The molecular formula is C14H17N3O3S2. The number of nitrogens with one attached hydrogen (secondary N) is 1. The third-order valence-corrected chi connectivity index (χ3v) is 5.06. The predicted molar refractivity (Wildman–Crippen MR) is 86.1 cm³/mol. The Hall–Kier alpha value is -1.77. The van der Waals surface area contributed by atoms with Crippen molar-refractivity contribution in [3.8, 4) is 0 Å². The molecule has 2 aromatic heterocycles. The van der Waals surface area contributed by atoms with E-state index in [1.807, 2.05) is 11.4 Å². The van der Waals surface area contributed by atoms with Gasteiger partial charge < -0.3 is 5.32 Å². The minimum absolute atomic E-state index is 0.190. The van der Waals surface area contributed by atoms with E-state index >= 15 is 0 Å². The van der Waals surface area contributed by atoms with E-state index < -0.39 is 10.0 Å². The lowest BCUT2D eigenvalue weighted by atomic mass is 10.3. The van der Waals surface area contributed by atoms with E-state index in [1.54, 1.807) is 30.6 Å². The standard InChI is InChI=1S/C14H17N3O3S2/c1-22(19,20)17(11-12-4-2-6-15-10-12)8-7-16-14(18)13-5-3-9-21-13/h2-6,9-10H,7-8,11H2,1H3,(H,16,18). The Balaban J connectivity index is 1.92. The van der Waals surface area contributed by atoms with Crippen LogP contribution in [0.1, 0.15) is 15.2 Å². The van der Waals surface area contributed by atoms with Gasteiger partial charge in [0, 0.05) is 32.0 Å². The Labute approximate surface area is 133 Å². The first-order valence-corrected chi connectivity index (χ1v) is 9.35. The van der Waals surface area contributed by atoms with Crippen molar-refractivity contribution in [1.82, 2.24) is 14.6 Å². The molecular weight excluding hydrogens is 322 g/mol. The van der Waals surface area contributed by atoms with Gasteiger partial charge in [0.1, 0.15) is 0 Å². The smallest absolute Gasteiger partial charge is 0.261 e. The lowest BCUT2D eigenvalue weighted by molar-refractivity contribution is 0.0955. The van der Waals surface area contributed by atoms with Gasteiger partial charge in [0.15, 0.2) is 0 Å². The fraction of sp³-hybridized carbons (Fsp3) is 0.286. The molecule has 0 spiro atoms. The summed E-state index contributed by atoms with van der Waals surface area (Å²) in [5.74, 6) is -0.190. The Bertz CT molecular complexity index is 700. The van der Waals surface area contributed by atoms with Gasteiger partial charge in [-0.25, -0.2) is 8.42 Å². The van der Waals surface area contributed by atoms with Crippen molar-refractivity contribution >= 4 is 27.3 Å². The highest BCUT2D eigenvalue weighted by Crippen LogP contribution is 2.09. The highest BCUT2D eigenvalue weighted by Gasteiger charge is 2.17. The molecule has 0 unspecified atom stereocenters. The normalized spacial score (nSPS) is 11.5. The molecule has 0 bridgehead atoms. The van der Waals surface area contributed by atoms with Crippen molar-refractivity contribution in [2.75, 3.05) is 19.3 Å². The van der Waals surface area contributed by atoms with Crippen LogP contribution >= 0.6 is 11.3 Å². The summed E-state index contributed by atoms with van der Waals surface area (Å²) in [4.78, 5) is 16.4. The number of hydrogen-bond acceptors (Lipinski definition) is 5. The molecule has 1 amide bonds. The van der Waals surface area contributed by atoms with Crippen molar-refractivity contribution in [3.63, 3.8) is 0 Å². The molecule has 0 fully saturated rings. The number of carbonyl (C=O) groups excluding carboxylic acids is 1. The molecule has 2 aromatic rings. The Morgan fingerprint density at radius 3 is 2.77 bits per heavy atom. The number of amides is 1. The highest BCUT2D eigenvalue weighted by molar-refractivity contribution is 7.88. The van der Waals surface area contributed by atoms with Crippen LogP contribution in [0, 0.1) is 0 Å². The molecule has 6 nitrogen and oxygen atoms in total. The molecule has 2 rings (SSSR count). The number of hydrogen-bond donors (Lipinski definition) is 1. The van der Waals surface area contributed by atoms with Crippen LogP contribution in [-0.4, -0.2) is 43.0 Å². The number of pyridine rings is 1. The van der Waals surface area contributed by atoms with Crippen LogP contribution in [0.5, 0.6) is 0 Å². The van der Waals surface area contributed by atoms with E-state index in [0.717, 1.165) is 11.8 Å². The second-order valence-corrected chi connectivity index (χ2v) is 7.62. The fourth-order valence-electron chi connectivity index (χ4n) is 1.85. The first kappa shape index (κ1) is 16.6. The second-order valence-electron chi connectivity index (χ2n) is 4.69. The molecule has 0 aliphatic heterocycles. The quantitative estimate of drug-likeness (QED) is 0.825. The Kier molecular flexibility index (Phi) is 5.64. The molecule has 0 atom stereocenters. The predicted octanol–water partition coefficient (Wildman–Crippen LogP) is 1.33. The van der Waals surface area contributed by atoms with Gasteiger partial charge in [-0.3, -0.25) is 9.78 Å². The van der Waals surface area contributed by atoms with E-state index in [2.05, 4.69) is 10.3 Å². The SMILES string of the molecule is CS(=O)(=O)N(CCNC(=O)c1cccs1)Cc1cccnc1. The molecule has 0 aliphatic rings. The monoisotopic (exact) mass is 339 g/mol. The Morgan fingerprint density at radius 2 is 2.18 bits per heavy atom. The van der Waals surface area contributed by atoms with Crippen molar-refractivity contribution in [3.05, 3.63) is 52.5 Å². The van der Waals surface area contributed by atoms with Gasteiger partial charge in [-0.15, -0.1) is 11.3 Å². The minimum atomic E-state index is -3.36. The van der Waals surface area contributed by atoms with Gasteiger partial charge in [0.2, 0.25) is 10.0 Å². The maximum absolute atomic E-state index is 11.8. The maximum Gasteiger partial charge on any atom is 0.261 e. The lowest BCUT2D eigenvalue weighted by Gasteiger charge is -2.20. The molecule has 2 heterocycles. The van der Waals surface area contributed by atoms with Crippen LogP contribution in [0.15, 0.2) is 42.0 Å². The zero-order valence-corrected chi connectivity index (χ0v) is 13.7. The van der Waals surface area contributed by atoms with Crippen LogP contribution in [-0.2, 0) is 16.6 Å². The third kappa shape index (κ3) is 4.90. The van der Waals surface area contributed by atoms with Crippen molar-refractivity contribution < 1.29 is 13.2 Å². The number of aromatic nitrogens is 1. The lowest BCUT2D eigenvalue weighted by Crippen LogP contribution is -2.37. The highest BCUT2D eigenvalue weighted by atomic mass is 32.2. The summed E-state index contributed by atoms with van der Waals surface area (Å²) < 4.78 is 25.0. The van der Waals surface area contributed by atoms with Crippen molar-refractivity contribution in [2.45, 2.75) is 6.54 Å². The summed E-state index contributed by atoms with van der Waals surface area (Å²) >= 11 is 1.35. The summed E-state index contributed by atoms with van der Waals surface area (Å²) in [6.45, 7) is 0.705. The van der Waals surface area contributed by atoms with Gasteiger partial charge >= 0.3 is 0 Å². The molecule has 0 aliphatic carbocycles. The molecule has 0 aromatic carbocycles. The van der Waals surface area contributed by atoms with E-state index in [1.165, 1.54) is 15.6 Å². The van der Waals surface area contributed by atoms with E-state index in [9.17, 15) is 13.2 Å². The zero-order chi connectivity index (χ0) is 16.0. The van der Waals surface area contributed by atoms with Crippen LogP contribution in [0.4, 0.5) is 0 Å². The fourth-order valence-corrected chi connectivity index (χ4v) is 3.29. The first-order chi connectivity index (χ1) is 10.5. The summed E-state index contributed by atoms with van der Waals surface area (Å²) in [6.07, 6.45) is 4.42. The summed E-state index contributed by atoms with van der Waals surface area (Å²) in [6, 6.07) is 7.10. The van der Waals surface area contributed by atoms with Crippen molar-refractivity contribution in [1.29, 1.82) is 0 Å². The average Bonchev–Trinajstić information content (AvgIpc) is 3.00. The summed E-state index contributed by atoms with van der Waals surface area (Å²) in [5.41, 5.74) is 0.803. The van der Waals surface area contributed by atoms with Gasteiger partial charge in [-0.05, 0) is 23.1 Å². The number of sulfonamides is 1. The van der Waals surface area contributed by atoms with Crippen LogP contribution in [0.25, 0.3) is 0 Å². The average molecular weight is 339 g/mol. The van der Waals surface area contributed by atoms with Gasteiger partial charge in [-0.2, -0.15) is 4.31 Å². The molecule has 22 heavy (non-hydrogen) atoms. The number of thiophene rings is 1. The van der Waals surface area contributed by atoms with E-state index in [-0.39, 0.29) is 25.5 Å². The second kappa shape index (κ2) is 7.48. The van der Waals surface area contributed by atoms with Gasteiger partial charge in [0.25, 0.3) is 5.91 Å². The minimum Gasteiger partial charge on any atom is -0.350 e.